The highest BCUT2D eigenvalue weighted by atomic mass is 32.2. The molecule has 0 saturated carbocycles. The van der Waals surface area contributed by atoms with Crippen molar-refractivity contribution >= 4 is 16.9 Å². The molecule has 0 aliphatic carbocycles. The number of hydrogen-bond acceptors (Lipinski definition) is 5. The Morgan fingerprint density at radius 1 is 1.45 bits per heavy atom. The van der Waals surface area contributed by atoms with Crippen molar-refractivity contribution in [1.82, 2.24) is 14.9 Å². The zero-order valence-corrected chi connectivity index (χ0v) is 13.7. The number of hydrogen-bond donors (Lipinski definition) is 0. The van der Waals surface area contributed by atoms with Crippen molar-refractivity contribution < 1.29 is 18.1 Å². The van der Waals surface area contributed by atoms with Crippen LogP contribution in [0, 0.1) is 11.7 Å². The molecule has 1 aromatic heterocycles. The normalized spacial score (nSPS) is 20.0. The molecule has 0 unspecified atom stereocenters. The Morgan fingerprint density at radius 2 is 2.09 bits per heavy atom. The smallest absolute Gasteiger partial charge is 0.410 e. The topological polar surface area (TPSA) is 72.4 Å². The number of carbonyl (C=O) groups excluding carboxylic acids is 1. The minimum Gasteiger partial charge on any atom is -0.444 e. The lowest BCUT2D eigenvalue weighted by Crippen LogP contribution is -2.35. The first kappa shape index (κ1) is 16.8. The molecule has 1 amide bonds. The molecular formula is C14H20FN3O3S. The summed E-state index contributed by atoms with van der Waals surface area (Å²) >= 11 is 0. The van der Waals surface area contributed by atoms with Crippen molar-refractivity contribution in [3.8, 4) is 0 Å². The third-order valence-corrected chi connectivity index (χ3v) is 4.52. The van der Waals surface area contributed by atoms with Crippen molar-refractivity contribution in [2.75, 3.05) is 18.8 Å². The highest BCUT2D eigenvalue weighted by molar-refractivity contribution is 7.84. The van der Waals surface area contributed by atoms with Gasteiger partial charge in [-0.25, -0.2) is 19.2 Å². The Morgan fingerprint density at radius 3 is 2.68 bits per heavy atom. The minimum atomic E-state index is -1.40. The molecule has 2 heterocycles. The van der Waals surface area contributed by atoms with Crippen LogP contribution in [0.25, 0.3) is 0 Å². The second-order valence-electron chi connectivity index (χ2n) is 6.28. The first-order valence-corrected chi connectivity index (χ1v) is 8.40. The number of likely N-dealkylation sites (tertiary alicyclic amines) is 1. The summed E-state index contributed by atoms with van der Waals surface area (Å²) in [7, 11) is -1.40. The molecule has 0 N–H and O–H groups in total. The number of amides is 1. The molecule has 1 aliphatic heterocycles. The Hall–Kier alpha value is -1.57. The quantitative estimate of drug-likeness (QED) is 0.793. The number of nitrogens with zero attached hydrogens (tertiary/aromatic N) is 3. The third-order valence-electron chi connectivity index (χ3n) is 3.12. The molecule has 1 fully saturated rings. The van der Waals surface area contributed by atoms with Gasteiger partial charge in [-0.15, -0.1) is 0 Å². The molecule has 122 valence electrons. The van der Waals surface area contributed by atoms with Gasteiger partial charge in [0.25, 0.3) is 0 Å². The van der Waals surface area contributed by atoms with Crippen LogP contribution in [0.3, 0.4) is 0 Å². The standard InChI is InChI=1S/C14H20FN3O3S/c1-14(2,3)21-13(19)18-5-4-10(8-18)9-22(20)12-16-6-11(15)7-17-12/h6-7,10H,4-5,8-9H2,1-3H3/t10-,22+/m1/s1. The summed E-state index contributed by atoms with van der Waals surface area (Å²) in [5, 5.41) is 0.122. The van der Waals surface area contributed by atoms with Gasteiger partial charge in [-0.2, -0.15) is 0 Å². The predicted octanol–water partition coefficient (Wildman–Crippen LogP) is 1.98. The summed E-state index contributed by atoms with van der Waals surface area (Å²) in [6.07, 6.45) is 2.41. The maximum Gasteiger partial charge on any atom is 0.410 e. The summed E-state index contributed by atoms with van der Waals surface area (Å²) in [6.45, 7) is 6.54. The number of halogens is 1. The van der Waals surface area contributed by atoms with Crippen LogP contribution in [0.1, 0.15) is 27.2 Å². The summed E-state index contributed by atoms with van der Waals surface area (Å²) in [4.78, 5) is 21.0. The maximum absolute atomic E-state index is 12.7. The van der Waals surface area contributed by atoms with Gasteiger partial charge in [-0.05, 0) is 33.1 Å². The molecule has 6 nitrogen and oxygen atoms in total. The average Bonchev–Trinajstić information content (AvgIpc) is 2.86. The number of rotatable bonds is 3. The van der Waals surface area contributed by atoms with Crippen LogP contribution in [0.2, 0.25) is 0 Å². The van der Waals surface area contributed by atoms with E-state index in [1.54, 1.807) is 4.90 Å². The fourth-order valence-corrected chi connectivity index (χ4v) is 3.36. The average molecular weight is 329 g/mol. The molecule has 22 heavy (non-hydrogen) atoms. The molecule has 1 saturated heterocycles. The van der Waals surface area contributed by atoms with Gasteiger partial charge in [0.1, 0.15) is 5.60 Å². The van der Waals surface area contributed by atoms with E-state index in [4.69, 9.17) is 4.74 Å². The molecule has 0 radical (unpaired) electrons. The van der Waals surface area contributed by atoms with E-state index in [0.29, 0.717) is 18.8 Å². The molecule has 1 aliphatic rings. The molecule has 0 bridgehead atoms. The Balaban J connectivity index is 1.87. The Labute approximate surface area is 131 Å². The summed E-state index contributed by atoms with van der Waals surface area (Å²) < 4.78 is 30.2. The van der Waals surface area contributed by atoms with Gasteiger partial charge >= 0.3 is 6.09 Å². The van der Waals surface area contributed by atoms with Crippen LogP contribution in [0.15, 0.2) is 17.6 Å². The second kappa shape index (κ2) is 6.68. The van der Waals surface area contributed by atoms with Gasteiger partial charge in [0.2, 0.25) is 5.16 Å². The van der Waals surface area contributed by atoms with Gasteiger partial charge in [0, 0.05) is 18.8 Å². The van der Waals surface area contributed by atoms with Crippen LogP contribution in [0.4, 0.5) is 9.18 Å². The summed E-state index contributed by atoms with van der Waals surface area (Å²) in [5.41, 5.74) is -0.528. The van der Waals surface area contributed by atoms with Crippen LogP contribution in [-0.2, 0) is 15.5 Å². The molecule has 0 spiro atoms. The van der Waals surface area contributed by atoms with Crippen LogP contribution < -0.4 is 0 Å². The number of ether oxygens (including phenoxy) is 1. The SMILES string of the molecule is CC(C)(C)OC(=O)N1CC[C@@H](C[S@](=O)c2ncc(F)cn2)C1. The molecule has 2 atom stereocenters. The summed E-state index contributed by atoms with van der Waals surface area (Å²) in [6, 6.07) is 0. The van der Waals surface area contributed by atoms with E-state index in [9.17, 15) is 13.4 Å². The first-order chi connectivity index (χ1) is 10.2. The van der Waals surface area contributed by atoms with Crippen molar-refractivity contribution in [2.24, 2.45) is 5.92 Å². The zero-order valence-electron chi connectivity index (χ0n) is 12.9. The number of carbonyl (C=O) groups is 1. The van der Waals surface area contributed by atoms with Crippen molar-refractivity contribution in [3.05, 3.63) is 18.2 Å². The lowest BCUT2D eigenvalue weighted by Gasteiger charge is -2.24. The molecule has 2 rings (SSSR count). The van der Waals surface area contributed by atoms with E-state index in [2.05, 4.69) is 9.97 Å². The van der Waals surface area contributed by atoms with Crippen molar-refractivity contribution in [1.29, 1.82) is 0 Å². The van der Waals surface area contributed by atoms with E-state index < -0.39 is 22.2 Å². The van der Waals surface area contributed by atoms with E-state index >= 15 is 0 Å². The Bertz CT molecular complexity index is 559. The minimum absolute atomic E-state index is 0.0991. The fourth-order valence-electron chi connectivity index (χ4n) is 2.17. The largest absolute Gasteiger partial charge is 0.444 e. The van der Waals surface area contributed by atoms with Crippen molar-refractivity contribution in [3.63, 3.8) is 0 Å². The van der Waals surface area contributed by atoms with Crippen molar-refractivity contribution in [2.45, 2.75) is 37.9 Å². The van der Waals surface area contributed by atoms with Crippen LogP contribution in [0.5, 0.6) is 0 Å². The summed E-state index contributed by atoms with van der Waals surface area (Å²) in [5.74, 6) is -0.106. The molecular weight excluding hydrogens is 309 g/mol. The zero-order chi connectivity index (χ0) is 16.3. The van der Waals surface area contributed by atoms with Gasteiger partial charge in [0.15, 0.2) is 5.82 Å². The third kappa shape index (κ3) is 4.72. The monoisotopic (exact) mass is 329 g/mol. The lowest BCUT2D eigenvalue weighted by atomic mass is 10.2. The molecule has 0 aromatic carbocycles. The van der Waals surface area contributed by atoms with Gasteiger partial charge in [-0.3, -0.25) is 4.21 Å². The molecule has 8 heteroatoms. The molecule has 1 aromatic rings. The van der Waals surface area contributed by atoms with Gasteiger partial charge in [-0.1, -0.05) is 0 Å². The van der Waals surface area contributed by atoms with E-state index in [1.807, 2.05) is 20.8 Å². The lowest BCUT2D eigenvalue weighted by molar-refractivity contribution is 0.0289. The van der Waals surface area contributed by atoms with Crippen LogP contribution >= 0.6 is 0 Å². The number of aromatic nitrogens is 2. The highest BCUT2D eigenvalue weighted by Gasteiger charge is 2.31. The predicted molar refractivity (Wildman–Crippen MR) is 79.2 cm³/mol. The van der Waals surface area contributed by atoms with E-state index in [-0.39, 0.29) is 17.2 Å². The van der Waals surface area contributed by atoms with E-state index in [1.165, 1.54) is 0 Å². The van der Waals surface area contributed by atoms with Gasteiger partial charge in [0.05, 0.1) is 23.2 Å². The second-order valence-corrected chi connectivity index (χ2v) is 7.67. The fraction of sp³-hybridized carbons (Fsp3) is 0.643. The maximum atomic E-state index is 12.7. The highest BCUT2D eigenvalue weighted by Crippen LogP contribution is 2.21. The first-order valence-electron chi connectivity index (χ1n) is 7.08. The van der Waals surface area contributed by atoms with E-state index in [0.717, 1.165) is 18.8 Å². The van der Waals surface area contributed by atoms with Gasteiger partial charge < -0.3 is 9.64 Å². The Kier molecular flexibility index (Phi) is 5.10. The van der Waals surface area contributed by atoms with Crippen LogP contribution in [-0.4, -0.2) is 49.6 Å².